The molecule has 0 fully saturated rings. The van der Waals surface area contributed by atoms with Gasteiger partial charge in [0.25, 0.3) is 5.91 Å². The average Bonchev–Trinajstić information content (AvgIpc) is 3.64. The van der Waals surface area contributed by atoms with Gasteiger partial charge >= 0.3 is 0 Å². The van der Waals surface area contributed by atoms with Gasteiger partial charge in [0, 0.05) is 16.6 Å². The summed E-state index contributed by atoms with van der Waals surface area (Å²) in [5, 5.41) is 13.3. The maximum absolute atomic E-state index is 12.5. The Balaban J connectivity index is 1.25. The van der Waals surface area contributed by atoms with Crippen molar-refractivity contribution in [2.24, 2.45) is 0 Å². The van der Waals surface area contributed by atoms with Gasteiger partial charge in [-0.25, -0.2) is 4.98 Å². The average molecular weight is 554 g/mol. The first kappa shape index (κ1) is 25.1. The van der Waals surface area contributed by atoms with E-state index in [1.54, 1.807) is 24.5 Å². The number of aryl methyl sites for hydroxylation is 1. The molecule has 37 heavy (non-hydrogen) atoms. The normalized spacial score (nSPS) is 11.1. The molecule has 0 radical (unpaired) electrons. The summed E-state index contributed by atoms with van der Waals surface area (Å²) in [5.41, 5.74) is 3.12. The number of furan rings is 1. The lowest BCUT2D eigenvalue weighted by atomic mass is 10.1. The summed E-state index contributed by atoms with van der Waals surface area (Å²) >= 11 is 13.5. The fourth-order valence-electron chi connectivity index (χ4n) is 3.66. The third kappa shape index (κ3) is 5.90. The molecule has 0 aliphatic heterocycles. The number of hydrogen-bond donors (Lipinski definition) is 1. The number of amides is 1. The van der Waals surface area contributed by atoms with Crippen molar-refractivity contribution in [2.75, 3.05) is 6.54 Å². The molecular weight excluding hydrogens is 533 g/mol. The number of aromatic nitrogens is 4. The molecule has 1 N–H and O–H groups in total. The van der Waals surface area contributed by atoms with Crippen LogP contribution in [-0.4, -0.2) is 32.2 Å². The second-order valence-electron chi connectivity index (χ2n) is 8.11. The topological polar surface area (TPSA) is 99.0 Å². The van der Waals surface area contributed by atoms with Gasteiger partial charge in [-0.2, -0.15) is 0 Å². The van der Waals surface area contributed by atoms with Crippen LogP contribution in [0.25, 0.3) is 17.3 Å². The maximum Gasteiger partial charge on any atom is 0.273 e. The second-order valence-corrected chi connectivity index (χ2v) is 9.90. The first-order valence-electron chi connectivity index (χ1n) is 11.3. The largest absolute Gasteiger partial charge is 0.461 e. The molecule has 0 aliphatic rings. The van der Waals surface area contributed by atoms with Crippen LogP contribution < -0.4 is 5.32 Å². The first-order chi connectivity index (χ1) is 18.0. The smallest absolute Gasteiger partial charge is 0.273 e. The van der Waals surface area contributed by atoms with Crippen LogP contribution in [-0.2, 0) is 12.2 Å². The molecule has 0 saturated heterocycles. The summed E-state index contributed by atoms with van der Waals surface area (Å²) in [7, 11) is 0. The third-order valence-electron chi connectivity index (χ3n) is 5.44. The number of halogens is 2. The Morgan fingerprint density at radius 2 is 1.97 bits per heavy atom. The molecule has 11 heteroatoms. The van der Waals surface area contributed by atoms with E-state index in [0.717, 1.165) is 16.8 Å². The van der Waals surface area contributed by atoms with Crippen LogP contribution in [0.3, 0.4) is 0 Å². The van der Waals surface area contributed by atoms with Crippen molar-refractivity contribution in [3.05, 3.63) is 99.9 Å². The predicted octanol–water partition coefficient (Wildman–Crippen LogP) is 6.40. The number of carbonyl (C=O) groups is 1. The summed E-state index contributed by atoms with van der Waals surface area (Å²) < 4.78 is 13.0. The van der Waals surface area contributed by atoms with Gasteiger partial charge in [0.15, 0.2) is 16.6 Å². The quantitative estimate of drug-likeness (QED) is 0.211. The Labute approximate surface area is 227 Å². The maximum atomic E-state index is 12.5. The highest BCUT2D eigenvalue weighted by Crippen LogP contribution is 2.30. The molecule has 8 nitrogen and oxygen atoms in total. The molecule has 0 saturated carbocycles. The Bertz CT molecular complexity index is 1530. The highest BCUT2D eigenvalue weighted by atomic mass is 35.5. The minimum absolute atomic E-state index is 0.203. The van der Waals surface area contributed by atoms with E-state index in [-0.39, 0.29) is 11.6 Å². The number of hydrogen-bond acceptors (Lipinski definition) is 7. The monoisotopic (exact) mass is 553 g/mol. The predicted molar refractivity (Wildman–Crippen MR) is 142 cm³/mol. The van der Waals surface area contributed by atoms with Crippen LogP contribution in [0.2, 0.25) is 10.0 Å². The van der Waals surface area contributed by atoms with Crippen molar-refractivity contribution in [1.29, 1.82) is 0 Å². The molecule has 0 bridgehead atoms. The zero-order chi connectivity index (χ0) is 25.8. The van der Waals surface area contributed by atoms with E-state index in [1.807, 2.05) is 47.9 Å². The lowest BCUT2D eigenvalue weighted by Crippen LogP contribution is -2.26. The second kappa shape index (κ2) is 11.2. The molecule has 0 spiro atoms. The molecule has 2 aromatic carbocycles. The number of nitrogens with one attached hydrogen (secondary N) is 1. The van der Waals surface area contributed by atoms with Gasteiger partial charge in [-0.15, -0.1) is 10.2 Å². The lowest BCUT2D eigenvalue weighted by Gasteiger charge is -2.09. The van der Waals surface area contributed by atoms with E-state index < -0.39 is 0 Å². The van der Waals surface area contributed by atoms with E-state index in [2.05, 4.69) is 20.5 Å². The van der Waals surface area contributed by atoms with Crippen molar-refractivity contribution in [1.82, 2.24) is 25.1 Å². The third-order valence-corrected chi connectivity index (χ3v) is 6.94. The summed E-state index contributed by atoms with van der Waals surface area (Å²) in [6, 6.07) is 17.0. The number of carbonyl (C=O) groups excluding carboxylic acids is 1. The number of benzene rings is 2. The van der Waals surface area contributed by atoms with Crippen molar-refractivity contribution < 1.29 is 13.6 Å². The van der Waals surface area contributed by atoms with Crippen LogP contribution in [0.5, 0.6) is 0 Å². The summed E-state index contributed by atoms with van der Waals surface area (Å²) in [6.45, 7) is 2.42. The molecule has 5 aromatic rings. The number of rotatable bonds is 9. The molecular formula is C26H21Cl2N5O3S. The van der Waals surface area contributed by atoms with Gasteiger partial charge in [-0.1, -0.05) is 53.2 Å². The first-order valence-corrected chi connectivity index (χ1v) is 13.1. The van der Waals surface area contributed by atoms with Gasteiger partial charge in [-0.05, 0) is 60.9 Å². The van der Waals surface area contributed by atoms with Gasteiger partial charge < -0.3 is 14.2 Å². The lowest BCUT2D eigenvalue weighted by molar-refractivity contribution is 0.0949. The van der Waals surface area contributed by atoms with Gasteiger partial charge in [-0.3, -0.25) is 9.36 Å². The minimum atomic E-state index is -0.326. The van der Waals surface area contributed by atoms with Crippen molar-refractivity contribution in [3.63, 3.8) is 0 Å². The number of thioether (sulfide) groups is 1. The number of oxazole rings is 1. The van der Waals surface area contributed by atoms with Gasteiger partial charge in [0.1, 0.15) is 6.26 Å². The molecule has 0 unspecified atom stereocenters. The van der Waals surface area contributed by atoms with Crippen molar-refractivity contribution in [2.45, 2.75) is 24.3 Å². The van der Waals surface area contributed by atoms with E-state index >= 15 is 0 Å². The highest BCUT2D eigenvalue weighted by Gasteiger charge is 2.20. The minimum Gasteiger partial charge on any atom is -0.461 e. The molecule has 3 heterocycles. The van der Waals surface area contributed by atoms with E-state index in [9.17, 15) is 4.79 Å². The zero-order valence-electron chi connectivity index (χ0n) is 19.6. The van der Waals surface area contributed by atoms with E-state index in [0.29, 0.717) is 51.4 Å². The van der Waals surface area contributed by atoms with Crippen LogP contribution in [0.1, 0.15) is 27.5 Å². The van der Waals surface area contributed by atoms with Crippen LogP contribution in [0, 0.1) is 6.92 Å². The molecule has 1 amide bonds. The SMILES string of the molecule is Cc1cccc(-n2c(SCc3nc(C(=O)NCCc4ccc(Cl)cc4Cl)co3)nnc2-c2ccco2)c1. The fraction of sp³-hybridized carbons (Fsp3) is 0.154. The Morgan fingerprint density at radius 3 is 2.76 bits per heavy atom. The van der Waals surface area contributed by atoms with E-state index in [4.69, 9.17) is 32.0 Å². The molecule has 0 aliphatic carbocycles. The van der Waals surface area contributed by atoms with Gasteiger partial charge in [0.05, 0.1) is 17.7 Å². The van der Waals surface area contributed by atoms with Crippen LogP contribution in [0.4, 0.5) is 0 Å². The fourth-order valence-corrected chi connectivity index (χ4v) is 4.97. The summed E-state index contributed by atoms with van der Waals surface area (Å²) in [4.78, 5) is 16.9. The Morgan fingerprint density at radius 1 is 1.08 bits per heavy atom. The molecule has 3 aromatic heterocycles. The zero-order valence-corrected chi connectivity index (χ0v) is 22.0. The van der Waals surface area contributed by atoms with Crippen LogP contribution in [0.15, 0.2) is 81.1 Å². The summed E-state index contributed by atoms with van der Waals surface area (Å²) in [6.07, 6.45) is 3.51. The van der Waals surface area contributed by atoms with E-state index in [1.165, 1.54) is 18.0 Å². The standard InChI is InChI=1S/C26H21Cl2N5O3S/c1-16-4-2-5-19(12-16)33-24(22-6-3-11-35-22)31-32-26(33)37-15-23-30-21(14-36-23)25(34)29-10-9-17-7-8-18(27)13-20(17)28/h2-8,11-14H,9-10,15H2,1H3,(H,29,34). The molecule has 188 valence electrons. The highest BCUT2D eigenvalue weighted by molar-refractivity contribution is 7.98. The molecule has 5 rings (SSSR count). The van der Waals surface area contributed by atoms with Crippen LogP contribution >= 0.6 is 35.0 Å². The Hall–Kier alpha value is -3.53. The summed E-state index contributed by atoms with van der Waals surface area (Å²) in [5.74, 6) is 1.63. The Kier molecular flexibility index (Phi) is 7.64. The van der Waals surface area contributed by atoms with Gasteiger partial charge in [0.2, 0.25) is 11.7 Å². The molecule has 0 atom stereocenters. The van der Waals surface area contributed by atoms with Crippen molar-refractivity contribution >= 4 is 40.9 Å². The number of nitrogens with zero attached hydrogens (tertiary/aromatic N) is 4. The van der Waals surface area contributed by atoms with Crippen molar-refractivity contribution in [3.8, 4) is 17.3 Å².